The van der Waals surface area contributed by atoms with Gasteiger partial charge in [0.25, 0.3) is 0 Å². The molecule has 0 aromatic carbocycles. The Labute approximate surface area is 125 Å². The van der Waals surface area contributed by atoms with Gasteiger partial charge in [0.05, 0.1) is 7.11 Å². The monoisotopic (exact) mass is 296 g/mol. The number of ether oxygens (including phenoxy) is 1. The van der Waals surface area contributed by atoms with E-state index in [1.54, 1.807) is 0 Å². The summed E-state index contributed by atoms with van der Waals surface area (Å²) in [5.41, 5.74) is 0. The number of hydrogen-bond donors (Lipinski definition) is 2. The van der Waals surface area contributed by atoms with Crippen LogP contribution in [0.2, 0.25) is 0 Å². The largest absolute Gasteiger partial charge is 0.467 e. The van der Waals surface area contributed by atoms with Gasteiger partial charge in [0.1, 0.15) is 6.04 Å². The fraction of sp³-hybridized carbons (Fsp3) is 0.800. The Morgan fingerprint density at radius 3 is 2.38 bits per heavy atom. The maximum absolute atomic E-state index is 11.8. The van der Waals surface area contributed by atoms with Crippen LogP contribution in [0.1, 0.15) is 44.9 Å². The van der Waals surface area contributed by atoms with E-state index in [9.17, 15) is 14.4 Å². The number of carbonyl (C=O) groups is 3. The molecule has 2 rings (SSSR count). The standard InChI is InChI=1S/C15H24N2O4/c1-21-15(20)13(10-6-7-10)17-12(18)8-9-16-14(19)11-4-2-3-5-11/h10-11,13H,2-9H2,1H3,(H,16,19)(H,17,18)/t13-/m1/s1. The Kier molecular flexibility index (Phi) is 5.59. The van der Waals surface area contributed by atoms with Crippen LogP contribution in [0, 0.1) is 11.8 Å². The first-order valence-corrected chi connectivity index (χ1v) is 7.76. The molecule has 0 heterocycles. The summed E-state index contributed by atoms with van der Waals surface area (Å²) < 4.78 is 4.70. The lowest BCUT2D eigenvalue weighted by Crippen LogP contribution is -2.44. The van der Waals surface area contributed by atoms with Crippen LogP contribution >= 0.6 is 0 Å². The molecular formula is C15H24N2O4. The molecule has 0 unspecified atom stereocenters. The van der Waals surface area contributed by atoms with Crippen molar-refractivity contribution < 1.29 is 19.1 Å². The molecule has 2 fully saturated rings. The number of rotatable bonds is 7. The van der Waals surface area contributed by atoms with Crippen molar-refractivity contribution in [2.75, 3.05) is 13.7 Å². The minimum Gasteiger partial charge on any atom is -0.467 e. The van der Waals surface area contributed by atoms with Crippen LogP contribution in [-0.2, 0) is 19.1 Å². The fourth-order valence-corrected chi connectivity index (χ4v) is 2.80. The van der Waals surface area contributed by atoms with Gasteiger partial charge < -0.3 is 15.4 Å². The number of methoxy groups -OCH3 is 1. The van der Waals surface area contributed by atoms with E-state index in [1.165, 1.54) is 7.11 Å². The molecule has 6 nitrogen and oxygen atoms in total. The highest BCUT2D eigenvalue weighted by Gasteiger charge is 2.37. The lowest BCUT2D eigenvalue weighted by molar-refractivity contribution is -0.145. The molecule has 0 aromatic rings. The highest BCUT2D eigenvalue weighted by molar-refractivity contribution is 5.85. The number of carbonyl (C=O) groups excluding carboxylic acids is 3. The lowest BCUT2D eigenvalue weighted by atomic mass is 10.1. The van der Waals surface area contributed by atoms with Gasteiger partial charge in [0, 0.05) is 18.9 Å². The average Bonchev–Trinajstić information content (AvgIpc) is 3.16. The molecule has 2 amide bonds. The quantitative estimate of drug-likeness (QED) is 0.679. The van der Waals surface area contributed by atoms with Gasteiger partial charge in [0.2, 0.25) is 11.8 Å². The summed E-state index contributed by atoms with van der Waals surface area (Å²) in [5.74, 6) is -0.242. The molecule has 2 aliphatic rings. The molecule has 0 saturated heterocycles. The lowest BCUT2D eigenvalue weighted by Gasteiger charge is -2.16. The molecule has 1 atom stereocenters. The summed E-state index contributed by atoms with van der Waals surface area (Å²) in [6.45, 7) is 0.319. The highest BCUT2D eigenvalue weighted by Crippen LogP contribution is 2.33. The number of nitrogens with one attached hydrogen (secondary N) is 2. The molecule has 0 aromatic heterocycles. The van der Waals surface area contributed by atoms with E-state index in [0.29, 0.717) is 6.54 Å². The first-order valence-electron chi connectivity index (χ1n) is 7.76. The second-order valence-electron chi connectivity index (χ2n) is 5.93. The van der Waals surface area contributed by atoms with Crippen LogP contribution in [0.5, 0.6) is 0 Å². The van der Waals surface area contributed by atoms with Gasteiger partial charge in [-0.1, -0.05) is 12.8 Å². The summed E-state index contributed by atoms with van der Waals surface area (Å²) in [4.78, 5) is 35.2. The van der Waals surface area contributed by atoms with E-state index in [1.807, 2.05) is 0 Å². The third kappa shape index (κ3) is 4.72. The molecular weight excluding hydrogens is 272 g/mol. The highest BCUT2D eigenvalue weighted by atomic mass is 16.5. The maximum Gasteiger partial charge on any atom is 0.328 e. The van der Waals surface area contributed by atoms with E-state index in [4.69, 9.17) is 4.74 Å². The zero-order valence-corrected chi connectivity index (χ0v) is 12.5. The third-order valence-electron chi connectivity index (χ3n) is 4.24. The topological polar surface area (TPSA) is 84.5 Å². The molecule has 0 radical (unpaired) electrons. The van der Waals surface area contributed by atoms with Crippen LogP contribution < -0.4 is 10.6 Å². The summed E-state index contributed by atoms with van der Waals surface area (Å²) in [6.07, 6.45) is 6.20. The Morgan fingerprint density at radius 2 is 1.81 bits per heavy atom. The van der Waals surface area contributed by atoms with Crippen molar-refractivity contribution in [3.8, 4) is 0 Å². The molecule has 2 saturated carbocycles. The second kappa shape index (κ2) is 7.43. The summed E-state index contributed by atoms with van der Waals surface area (Å²) in [6, 6.07) is -0.534. The summed E-state index contributed by atoms with van der Waals surface area (Å²) in [5, 5.41) is 5.51. The Bertz CT molecular complexity index is 400. The van der Waals surface area contributed by atoms with Crippen LogP contribution in [0.15, 0.2) is 0 Å². The molecule has 118 valence electrons. The fourth-order valence-electron chi connectivity index (χ4n) is 2.80. The molecule has 21 heavy (non-hydrogen) atoms. The van der Waals surface area contributed by atoms with Crippen molar-refractivity contribution in [1.29, 1.82) is 0 Å². The average molecular weight is 296 g/mol. The van der Waals surface area contributed by atoms with Gasteiger partial charge in [-0.15, -0.1) is 0 Å². The van der Waals surface area contributed by atoms with Gasteiger partial charge in [-0.05, 0) is 31.6 Å². The Hall–Kier alpha value is -1.59. The van der Waals surface area contributed by atoms with Crippen molar-refractivity contribution in [2.45, 2.75) is 51.0 Å². The van der Waals surface area contributed by atoms with Crippen LogP contribution in [-0.4, -0.2) is 37.5 Å². The molecule has 6 heteroatoms. The molecule has 0 spiro atoms. The summed E-state index contributed by atoms with van der Waals surface area (Å²) in [7, 11) is 1.33. The second-order valence-corrected chi connectivity index (χ2v) is 5.93. The summed E-state index contributed by atoms with van der Waals surface area (Å²) >= 11 is 0. The van der Waals surface area contributed by atoms with E-state index in [0.717, 1.165) is 38.5 Å². The van der Waals surface area contributed by atoms with Gasteiger partial charge in [-0.25, -0.2) is 4.79 Å². The number of hydrogen-bond acceptors (Lipinski definition) is 4. The first-order chi connectivity index (χ1) is 10.1. The van der Waals surface area contributed by atoms with Gasteiger partial charge in [-0.2, -0.15) is 0 Å². The van der Waals surface area contributed by atoms with Crippen molar-refractivity contribution in [3.05, 3.63) is 0 Å². The number of amides is 2. The van der Waals surface area contributed by atoms with E-state index >= 15 is 0 Å². The van der Waals surface area contributed by atoms with Crippen molar-refractivity contribution >= 4 is 17.8 Å². The zero-order chi connectivity index (χ0) is 15.2. The van der Waals surface area contributed by atoms with Gasteiger partial charge in [0.15, 0.2) is 0 Å². The minimum absolute atomic E-state index is 0.0482. The predicted molar refractivity (Wildman–Crippen MR) is 76.3 cm³/mol. The van der Waals surface area contributed by atoms with Gasteiger partial charge in [-0.3, -0.25) is 9.59 Å². The van der Waals surface area contributed by atoms with Gasteiger partial charge >= 0.3 is 5.97 Å². The normalized spacial score (nSPS) is 19.9. The van der Waals surface area contributed by atoms with E-state index in [-0.39, 0.29) is 36.0 Å². The number of esters is 1. The predicted octanol–water partition coefficient (Wildman–Crippen LogP) is 0.751. The Morgan fingerprint density at radius 1 is 1.14 bits per heavy atom. The molecule has 2 N–H and O–H groups in total. The van der Waals surface area contributed by atoms with Crippen LogP contribution in [0.3, 0.4) is 0 Å². The Balaban J connectivity index is 1.66. The zero-order valence-electron chi connectivity index (χ0n) is 12.5. The van der Waals surface area contributed by atoms with Crippen molar-refractivity contribution in [2.24, 2.45) is 11.8 Å². The van der Waals surface area contributed by atoms with Crippen LogP contribution in [0.25, 0.3) is 0 Å². The van der Waals surface area contributed by atoms with Crippen molar-refractivity contribution in [1.82, 2.24) is 10.6 Å². The molecule has 0 aliphatic heterocycles. The van der Waals surface area contributed by atoms with Crippen molar-refractivity contribution in [3.63, 3.8) is 0 Å². The first kappa shape index (κ1) is 15.8. The SMILES string of the molecule is COC(=O)[C@H](NC(=O)CCNC(=O)C1CCCC1)C1CC1. The smallest absolute Gasteiger partial charge is 0.328 e. The molecule has 0 bridgehead atoms. The third-order valence-corrected chi connectivity index (χ3v) is 4.24. The van der Waals surface area contributed by atoms with E-state index in [2.05, 4.69) is 10.6 Å². The minimum atomic E-state index is -0.534. The van der Waals surface area contributed by atoms with E-state index < -0.39 is 6.04 Å². The molecule has 2 aliphatic carbocycles. The maximum atomic E-state index is 11.8. The van der Waals surface area contributed by atoms with Crippen LogP contribution in [0.4, 0.5) is 0 Å².